The van der Waals surface area contributed by atoms with Crippen LogP contribution in [0.25, 0.3) is 16.5 Å². The van der Waals surface area contributed by atoms with E-state index in [9.17, 15) is 19.1 Å². The third-order valence-corrected chi connectivity index (χ3v) is 15.0. The summed E-state index contributed by atoms with van der Waals surface area (Å²) in [5, 5.41) is 17.2. The second kappa shape index (κ2) is 19.9. The molecule has 4 aromatic carbocycles. The first-order valence-electron chi connectivity index (χ1n) is 23.0. The van der Waals surface area contributed by atoms with Crippen LogP contribution >= 0.6 is 11.6 Å². The molecular weight excluding hydrogens is 881 g/mol. The van der Waals surface area contributed by atoms with Crippen molar-refractivity contribution in [1.82, 2.24) is 19.5 Å². The minimum absolute atomic E-state index is 0.0262. The van der Waals surface area contributed by atoms with E-state index in [1.165, 1.54) is 41.0 Å². The summed E-state index contributed by atoms with van der Waals surface area (Å²) in [5.41, 5.74) is 5.28. The molecule has 3 aliphatic heterocycles. The fourth-order valence-corrected chi connectivity index (χ4v) is 10.9. The highest BCUT2D eigenvalue weighted by Gasteiger charge is 2.32. The summed E-state index contributed by atoms with van der Waals surface area (Å²) in [6.45, 7) is 11.3. The zero-order chi connectivity index (χ0) is 46.0. The molecule has 66 heavy (non-hydrogen) atoms. The Balaban J connectivity index is 0.906. The molecule has 4 aliphatic rings. The minimum Gasteiger partial charge on any atom is -0.453 e. The van der Waals surface area contributed by atoms with Gasteiger partial charge in [-0.05, 0) is 122 Å². The number of piperidine rings is 1. The molecule has 16 heteroatoms. The summed E-state index contributed by atoms with van der Waals surface area (Å²) >= 11 is 6.25. The monoisotopic (exact) mass is 937 g/mol. The number of nitro groups is 1. The van der Waals surface area contributed by atoms with Crippen LogP contribution in [-0.4, -0.2) is 101 Å². The Morgan fingerprint density at radius 2 is 1.73 bits per heavy atom. The number of H-pyrrole nitrogens is 1. The van der Waals surface area contributed by atoms with Gasteiger partial charge in [0.05, 0.1) is 21.1 Å². The van der Waals surface area contributed by atoms with Crippen molar-refractivity contribution in [3.8, 4) is 11.5 Å². The number of benzene rings is 4. The topological polar surface area (TPSA) is 145 Å². The number of fused-ring (bicyclic) bond motifs is 1. The van der Waals surface area contributed by atoms with Gasteiger partial charge in [0.25, 0.3) is 11.6 Å². The van der Waals surface area contributed by atoms with Gasteiger partial charge in [-0.2, -0.15) is 0 Å². The molecule has 0 saturated carbocycles. The van der Waals surface area contributed by atoms with E-state index >= 15 is 4.39 Å². The van der Waals surface area contributed by atoms with Crippen LogP contribution in [0.3, 0.4) is 0 Å². The Morgan fingerprint density at radius 1 is 0.970 bits per heavy atom. The van der Waals surface area contributed by atoms with Crippen molar-refractivity contribution in [3.05, 3.63) is 123 Å². The summed E-state index contributed by atoms with van der Waals surface area (Å²) in [6.07, 6.45) is 8.59. The summed E-state index contributed by atoms with van der Waals surface area (Å²) in [7, 11) is -2.23. The number of aromatic amines is 1. The van der Waals surface area contributed by atoms with Crippen molar-refractivity contribution in [3.63, 3.8) is 0 Å². The molecule has 1 amide bonds. The number of amides is 1. The fourth-order valence-electron chi connectivity index (χ4n) is 9.94. The maximum absolute atomic E-state index is 17.0. The van der Waals surface area contributed by atoms with Crippen LogP contribution in [0.15, 0.2) is 95.5 Å². The normalized spacial score (nSPS) is 19.5. The number of nitro benzene ring substituents is 1. The average Bonchev–Trinajstić information content (AvgIpc) is 3.79. The fraction of sp³-hybridized carbons (Fsp3) is 0.420. The van der Waals surface area contributed by atoms with Crippen molar-refractivity contribution < 1.29 is 27.8 Å². The molecule has 1 aliphatic carbocycles. The number of ether oxygens (including phenoxy) is 2. The van der Waals surface area contributed by atoms with E-state index in [-0.39, 0.29) is 33.4 Å². The summed E-state index contributed by atoms with van der Waals surface area (Å²) in [5.74, 6) is -1.58. The first-order chi connectivity index (χ1) is 31.9. The number of carbonyl (C=O) groups is 1. The van der Waals surface area contributed by atoms with Crippen molar-refractivity contribution in [2.45, 2.75) is 75.8 Å². The van der Waals surface area contributed by atoms with Crippen LogP contribution in [0.4, 0.5) is 21.5 Å². The predicted molar refractivity (Wildman–Crippen MR) is 258 cm³/mol. The molecule has 0 spiro atoms. The maximum Gasteiger partial charge on any atom is 0.293 e. The number of hydrogen-bond donors (Lipinski definition) is 3. The highest BCUT2D eigenvalue weighted by molar-refractivity contribution is 7.83. The van der Waals surface area contributed by atoms with Crippen LogP contribution in [0.2, 0.25) is 5.02 Å². The van der Waals surface area contributed by atoms with Crippen LogP contribution < -0.4 is 19.7 Å². The highest BCUT2D eigenvalue weighted by atomic mass is 35.5. The van der Waals surface area contributed by atoms with Gasteiger partial charge < -0.3 is 29.6 Å². The smallest absolute Gasteiger partial charge is 0.293 e. The lowest BCUT2D eigenvalue weighted by molar-refractivity contribution is -0.384. The van der Waals surface area contributed by atoms with Gasteiger partial charge in [0.2, 0.25) is 0 Å². The molecule has 0 bridgehead atoms. The lowest BCUT2D eigenvalue weighted by atomic mass is 9.72. The second-order valence-electron chi connectivity index (χ2n) is 18.7. The number of nitrogens with zero attached hydrogens (tertiary/aromatic N) is 4. The Bertz CT molecular complexity index is 2640. The molecule has 1 unspecified atom stereocenters. The van der Waals surface area contributed by atoms with E-state index in [0.717, 1.165) is 88.7 Å². The molecule has 13 nitrogen and oxygen atoms in total. The number of anilines is 2. The summed E-state index contributed by atoms with van der Waals surface area (Å²) in [4.78, 5) is 35.8. The Kier molecular flexibility index (Phi) is 13.8. The number of halogens is 2. The zero-order valence-electron chi connectivity index (χ0n) is 37.5. The van der Waals surface area contributed by atoms with E-state index in [1.807, 2.05) is 29.2 Å². The lowest BCUT2D eigenvalue weighted by Crippen LogP contribution is -2.47. The van der Waals surface area contributed by atoms with E-state index in [0.29, 0.717) is 54.4 Å². The molecule has 4 heterocycles. The van der Waals surface area contributed by atoms with Crippen LogP contribution in [0.1, 0.15) is 74.7 Å². The number of nitrogens with one attached hydrogen (secondary N) is 3. The SMILES string of the molecule is CC1(C)CCC(CN2CCN(c3ccc(C(=O)NS(=O)c4ccc(NC5CCN(C6CCOCC6)CC5)c([N+](=O)[O-])c4)c(Oc4ccc5[nH]ccc5c4)c3F)CC2)=C(c2ccc(Cl)cc2)C1. The number of allylic oxidation sites excluding steroid dienone is 1. The van der Waals surface area contributed by atoms with Gasteiger partial charge >= 0.3 is 0 Å². The number of piperazine rings is 1. The Hall–Kier alpha value is -5.32. The standard InChI is InChI=1S/C50H57ClFN7O6S/c1-50(2)19-13-35(42(31-50)33-3-5-36(51)6-4-33)32-56-23-25-58(26-24-56)45-12-9-41(48(47(45)52)65-39-7-10-43-34(29-39)14-20-53-43)49(60)55-66(63)40-8-11-44(46(30-40)59(61)62)54-37-15-21-57(22-16-37)38-17-27-64-28-18-38/h3-12,14,20,29-30,37-38,53-54H,13,15-19,21-28,31-32H2,1-2H3,(H,55,60). The highest BCUT2D eigenvalue weighted by Crippen LogP contribution is 2.44. The number of likely N-dealkylation sites (tertiary alicyclic amines) is 1. The van der Waals surface area contributed by atoms with Gasteiger partial charge in [-0.3, -0.25) is 24.5 Å². The van der Waals surface area contributed by atoms with Gasteiger partial charge in [0.1, 0.15) is 11.4 Å². The number of carbonyl (C=O) groups excluding carboxylic acids is 1. The number of hydrogen-bond acceptors (Lipinski definition) is 10. The van der Waals surface area contributed by atoms with Gasteiger partial charge in [0, 0.05) is 99.3 Å². The zero-order valence-corrected chi connectivity index (χ0v) is 39.0. The number of aromatic nitrogens is 1. The molecule has 348 valence electrons. The van der Waals surface area contributed by atoms with Gasteiger partial charge in [-0.1, -0.05) is 43.2 Å². The van der Waals surface area contributed by atoms with E-state index in [2.05, 4.69) is 50.8 Å². The molecule has 3 N–H and O–H groups in total. The average molecular weight is 939 g/mol. The van der Waals surface area contributed by atoms with E-state index in [1.54, 1.807) is 24.4 Å². The Morgan fingerprint density at radius 3 is 2.47 bits per heavy atom. The first-order valence-corrected chi connectivity index (χ1v) is 24.5. The molecule has 5 aromatic rings. The van der Waals surface area contributed by atoms with Gasteiger partial charge in [-0.25, -0.2) is 8.60 Å². The largest absolute Gasteiger partial charge is 0.453 e. The molecule has 0 radical (unpaired) electrons. The van der Waals surface area contributed by atoms with Crippen LogP contribution in [0.5, 0.6) is 11.5 Å². The quantitative estimate of drug-likeness (QED) is 0.0771. The minimum atomic E-state index is -2.23. The predicted octanol–water partition coefficient (Wildman–Crippen LogP) is 9.95. The third-order valence-electron chi connectivity index (χ3n) is 13.7. The molecule has 9 rings (SSSR count). The first kappa shape index (κ1) is 45.8. The van der Waals surface area contributed by atoms with Gasteiger partial charge in [-0.15, -0.1) is 0 Å². The van der Waals surface area contributed by atoms with Gasteiger partial charge in [0.15, 0.2) is 22.6 Å². The summed E-state index contributed by atoms with van der Waals surface area (Å²) in [6, 6.07) is 23.1. The molecule has 1 atom stereocenters. The molecule has 1 aromatic heterocycles. The lowest BCUT2D eigenvalue weighted by Gasteiger charge is -2.39. The Labute approximate surface area is 392 Å². The van der Waals surface area contributed by atoms with Crippen molar-refractivity contribution in [2.75, 3.05) is 69.2 Å². The van der Waals surface area contributed by atoms with Crippen molar-refractivity contribution >= 4 is 62.0 Å². The second-order valence-corrected chi connectivity index (χ2v) is 20.4. The van der Waals surface area contributed by atoms with E-state index in [4.69, 9.17) is 21.1 Å². The molecular formula is C50H57ClFN7O6S. The van der Waals surface area contributed by atoms with Crippen molar-refractivity contribution in [2.24, 2.45) is 5.41 Å². The van der Waals surface area contributed by atoms with E-state index < -0.39 is 27.6 Å². The third kappa shape index (κ3) is 10.5. The molecule has 3 saturated heterocycles. The van der Waals surface area contributed by atoms with Crippen molar-refractivity contribution in [1.29, 1.82) is 0 Å². The molecule has 3 fully saturated rings. The van der Waals surface area contributed by atoms with Crippen LogP contribution in [-0.2, 0) is 15.7 Å². The van der Waals surface area contributed by atoms with Crippen LogP contribution in [0, 0.1) is 21.3 Å². The maximum atomic E-state index is 17.0. The summed E-state index contributed by atoms with van der Waals surface area (Å²) < 4.78 is 45.0. The number of rotatable bonds is 13.